The van der Waals surface area contributed by atoms with Crippen LogP contribution in [0.15, 0.2) is 22.6 Å². The Bertz CT molecular complexity index is 493. The predicted molar refractivity (Wildman–Crippen MR) is 73.9 cm³/mol. The monoisotopic (exact) mass is 247 g/mol. The van der Waals surface area contributed by atoms with Crippen LogP contribution in [0.2, 0.25) is 0 Å². The predicted octanol–water partition coefficient (Wildman–Crippen LogP) is 1.88. The van der Waals surface area contributed by atoms with Crippen LogP contribution >= 0.6 is 0 Å². The van der Waals surface area contributed by atoms with Crippen molar-refractivity contribution in [3.05, 3.63) is 29.7 Å². The zero-order chi connectivity index (χ0) is 12.8. The van der Waals surface area contributed by atoms with Crippen LogP contribution in [0.3, 0.4) is 0 Å². The molecule has 2 rings (SSSR count). The Hall–Kier alpha value is -1.39. The number of aromatic nitrogens is 1. The van der Waals surface area contributed by atoms with E-state index >= 15 is 0 Å². The molecule has 0 fully saturated rings. The molecule has 0 aliphatic rings. The molecule has 0 radical (unpaired) electrons. The fourth-order valence-corrected chi connectivity index (χ4v) is 1.99. The van der Waals surface area contributed by atoms with Crippen molar-refractivity contribution in [3.63, 3.8) is 0 Å². The van der Waals surface area contributed by atoms with Crippen LogP contribution in [-0.2, 0) is 6.42 Å². The van der Waals surface area contributed by atoms with Crippen molar-refractivity contribution in [3.8, 4) is 0 Å². The summed E-state index contributed by atoms with van der Waals surface area (Å²) in [7, 11) is 1.98. The molecule has 0 atom stereocenters. The average molecular weight is 247 g/mol. The van der Waals surface area contributed by atoms with E-state index in [1.165, 1.54) is 5.56 Å². The summed E-state index contributed by atoms with van der Waals surface area (Å²) in [5.41, 5.74) is 3.12. The van der Waals surface area contributed by atoms with E-state index in [0.29, 0.717) is 0 Å². The number of rotatable bonds is 7. The lowest BCUT2D eigenvalue weighted by Gasteiger charge is -2.04. The maximum absolute atomic E-state index is 5.53. The first-order chi connectivity index (χ1) is 8.79. The number of benzene rings is 1. The SMILES string of the molecule is CNCCCNCCc1ccc2nc(C)oc2c1. The summed E-state index contributed by atoms with van der Waals surface area (Å²) in [6.07, 6.45) is 2.19. The molecule has 0 aliphatic heterocycles. The highest BCUT2D eigenvalue weighted by Gasteiger charge is 2.02. The summed E-state index contributed by atoms with van der Waals surface area (Å²) in [6.45, 7) is 5.01. The van der Waals surface area contributed by atoms with Crippen molar-refractivity contribution < 1.29 is 4.42 Å². The number of hydrogen-bond donors (Lipinski definition) is 2. The third-order valence-corrected chi connectivity index (χ3v) is 2.93. The smallest absolute Gasteiger partial charge is 0.192 e. The van der Waals surface area contributed by atoms with Crippen molar-refractivity contribution >= 4 is 11.1 Å². The minimum atomic E-state index is 0.729. The molecule has 1 heterocycles. The van der Waals surface area contributed by atoms with Gasteiger partial charge in [0.1, 0.15) is 5.52 Å². The van der Waals surface area contributed by atoms with Crippen molar-refractivity contribution in [1.29, 1.82) is 0 Å². The minimum Gasteiger partial charge on any atom is -0.441 e. The van der Waals surface area contributed by atoms with Gasteiger partial charge in [0.15, 0.2) is 11.5 Å². The Morgan fingerprint density at radius 2 is 2.11 bits per heavy atom. The van der Waals surface area contributed by atoms with Gasteiger partial charge in [-0.3, -0.25) is 0 Å². The lowest BCUT2D eigenvalue weighted by Crippen LogP contribution is -2.21. The van der Waals surface area contributed by atoms with Gasteiger partial charge in [0.05, 0.1) is 0 Å². The molecule has 0 unspecified atom stereocenters. The molecule has 0 bridgehead atoms. The summed E-state index contributed by atoms with van der Waals surface area (Å²) in [5, 5.41) is 6.58. The largest absolute Gasteiger partial charge is 0.441 e. The standard InChI is InChI=1S/C14H21N3O/c1-11-17-13-5-4-12(10-14(13)18-11)6-9-16-8-3-7-15-2/h4-5,10,15-16H,3,6-9H2,1-2H3. The second-order valence-corrected chi connectivity index (χ2v) is 4.49. The number of fused-ring (bicyclic) bond motifs is 1. The van der Waals surface area contributed by atoms with Crippen LogP contribution in [0, 0.1) is 6.92 Å². The molecule has 2 aromatic rings. The highest BCUT2D eigenvalue weighted by Crippen LogP contribution is 2.16. The summed E-state index contributed by atoms with van der Waals surface area (Å²) >= 11 is 0. The topological polar surface area (TPSA) is 50.1 Å². The highest BCUT2D eigenvalue weighted by molar-refractivity contribution is 5.73. The van der Waals surface area contributed by atoms with Crippen molar-refractivity contribution in [1.82, 2.24) is 15.6 Å². The van der Waals surface area contributed by atoms with Crippen LogP contribution in [0.25, 0.3) is 11.1 Å². The Morgan fingerprint density at radius 3 is 2.94 bits per heavy atom. The first-order valence-corrected chi connectivity index (χ1v) is 6.51. The van der Waals surface area contributed by atoms with E-state index in [9.17, 15) is 0 Å². The second kappa shape index (κ2) is 6.52. The zero-order valence-corrected chi connectivity index (χ0v) is 11.1. The lowest BCUT2D eigenvalue weighted by atomic mass is 10.1. The number of nitrogens with one attached hydrogen (secondary N) is 2. The molecular formula is C14H21N3O. The number of oxazole rings is 1. The molecule has 0 spiro atoms. The van der Waals surface area contributed by atoms with E-state index in [-0.39, 0.29) is 0 Å². The molecule has 0 amide bonds. The fraction of sp³-hybridized carbons (Fsp3) is 0.500. The van der Waals surface area contributed by atoms with E-state index < -0.39 is 0 Å². The van der Waals surface area contributed by atoms with E-state index in [1.807, 2.05) is 20.0 Å². The van der Waals surface area contributed by atoms with Gasteiger partial charge in [-0.05, 0) is 57.2 Å². The van der Waals surface area contributed by atoms with Crippen molar-refractivity contribution in [2.45, 2.75) is 19.8 Å². The molecule has 1 aromatic heterocycles. The van der Waals surface area contributed by atoms with Gasteiger partial charge in [-0.1, -0.05) is 6.07 Å². The van der Waals surface area contributed by atoms with Crippen LogP contribution < -0.4 is 10.6 Å². The number of nitrogens with zero attached hydrogens (tertiary/aromatic N) is 1. The Labute approximate surface area is 108 Å². The molecule has 0 saturated carbocycles. The molecule has 4 heteroatoms. The molecule has 0 aliphatic carbocycles. The van der Waals surface area contributed by atoms with Gasteiger partial charge in [0.25, 0.3) is 0 Å². The Balaban J connectivity index is 1.80. The quantitative estimate of drug-likeness (QED) is 0.733. The Kier molecular flexibility index (Phi) is 4.73. The molecule has 2 N–H and O–H groups in total. The van der Waals surface area contributed by atoms with Gasteiger partial charge >= 0.3 is 0 Å². The van der Waals surface area contributed by atoms with Gasteiger partial charge in [-0.25, -0.2) is 4.98 Å². The third-order valence-electron chi connectivity index (χ3n) is 2.93. The average Bonchev–Trinajstić information content (AvgIpc) is 2.73. The zero-order valence-electron chi connectivity index (χ0n) is 11.1. The molecule has 4 nitrogen and oxygen atoms in total. The van der Waals surface area contributed by atoms with Crippen molar-refractivity contribution in [2.75, 3.05) is 26.7 Å². The second-order valence-electron chi connectivity index (χ2n) is 4.49. The van der Waals surface area contributed by atoms with Crippen LogP contribution in [-0.4, -0.2) is 31.7 Å². The first-order valence-electron chi connectivity index (χ1n) is 6.51. The number of aryl methyl sites for hydroxylation is 1. The maximum Gasteiger partial charge on any atom is 0.192 e. The maximum atomic E-state index is 5.53. The molecular weight excluding hydrogens is 226 g/mol. The molecule has 1 aromatic carbocycles. The highest BCUT2D eigenvalue weighted by atomic mass is 16.3. The van der Waals surface area contributed by atoms with Crippen LogP contribution in [0.4, 0.5) is 0 Å². The van der Waals surface area contributed by atoms with Crippen molar-refractivity contribution in [2.24, 2.45) is 0 Å². The van der Waals surface area contributed by atoms with Gasteiger partial charge in [0.2, 0.25) is 0 Å². The normalized spacial score (nSPS) is 11.2. The van der Waals surface area contributed by atoms with E-state index in [0.717, 1.165) is 49.5 Å². The van der Waals surface area contributed by atoms with Gasteiger partial charge in [0, 0.05) is 6.92 Å². The lowest BCUT2D eigenvalue weighted by molar-refractivity contribution is 0.560. The minimum absolute atomic E-state index is 0.729. The van der Waals surface area contributed by atoms with Gasteiger partial charge < -0.3 is 15.1 Å². The summed E-state index contributed by atoms with van der Waals surface area (Å²) in [4.78, 5) is 4.30. The van der Waals surface area contributed by atoms with E-state index in [4.69, 9.17) is 4.42 Å². The summed E-state index contributed by atoms with van der Waals surface area (Å²) in [6, 6.07) is 6.24. The molecule has 0 saturated heterocycles. The Morgan fingerprint density at radius 1 is 1.22 bits per heavy atom. The van der Waals surface area contributed by atoms with Gasteiger partial charge in [-0.2, -0.15) is 0 Å². The molecule has 18 heavy (non-hydrogen) atoms. The summed E-state index contributed by atoms with van der Waals surface area (Å²) in [5.74, 6) is 0.729. The first kappa shape index (κ1) is 13.1. The summed E-state index contributed by atoms with van der Waals surface area (Å²) < 4.78 is 5.53. The fourth-order valence-electron chi connectivity index (χ4n) is 1.99. The van der Waals surface area contributed by atoms with Crippen LogP contribution in [0.1, 0.15) is 17.9 Å². The van der Waals surface area contributed by atoms with E-state index in [1.54, 1.807) is 0 Å². The number of hydrogen-bond acceptors (Lipinski definition) is 4. The van der Waals surface area contributed by atoms with Crippen LogP contribution in [0.5, 0.6) is 0 Å². The third kappa shape index (κ3) is 3.55. The molecule has 98 valence electrons. The van der Waals surface area contributed by atoms with Gasteiger partial charge in [-0.15, -0.1) is 0 Å². The van der Waals surface area contributed by atoms with E-state index in [2.05, 4.69) is 27.8 Å².